The van der Waals surface area contributed by atoms with Crippen molar-refractivity contribution >= 4 is 43.9 Å². The average molecular weight is 533 g/mol. The van der Waals surface area contributed by atoms with Crippen LogP contribution in [0.5, 0.6) is 0 Å². The van der Waals surface area contributed by atoms with Crippen molar-refractivity contribution in [1.29, 1.82) is 0 Å². The molecule has 182 valence electrons. The number of rotatable bonds is 11. The van der Waals surface area contributed by atoms with E-state index in [9.17, 15) is 26.4 Å². The molecule has 0 aliphatic heterocycles. The number of hydrogen-bond acceptors (Lipinski definition) is 7. The number of benzene rings is 1. The number of carbonyl (C=O) groups excluding carboxylic acids is 1. The molecule has 0 atom stereocenters. The van der Waals surface area contributed by atoms with E-state index in [0.29, 0.717) is 47.6 Å². The first-order valence-electron chi connectivity index (χ1n) is 10.1. The Morgan fingerprint density at radius 3 is 2.53 bits per heavy atom. The van der Waals surface area contributed by atoms with E-state index in [1.807, 2.05) is 0 Å². The normalized spacial score (nSPS) is 12.0. The van der Waals surface area contributed by atoms with Crippen LogP contribution in [0.3, 0.4) is 0 Å². The van der Waals surface area contributed by atoms with Gasteiger partial charge in [-0.05, 0) is 43.2 Å². The topological polar surface area (TPSA) is 101 Å². The highest BCUT2D eigenvalue weighted by Crippen LogP contribution is 2.33. The number of nitrogens with zero attached hydrogens (tertiary/aromatic N) is 2. The maximum absolute atomic E-state index is 12.9. The predicted octanol–water partition coefficient (Wildman–Crippen LogP) is 5.00. The summed E-state index contributed by atoms with van der Waals surface area (Å²) in [5.41, 5.74) is -0.748. The van der Waals surface area contributed by atoms with Crippen LogP contribution in [0.2, 0.25) is 5.02 Å². The van der Waals surface area contributed by atoms with Crippen molar-refractivity contribution in [1.82, 2.24) is 14.7 Å². The van der Waals surface area contributed by atoms with Gasteiger partial charge in [-0.1, -0.05) is 35.4 Å². The van der Waals surface area contributed by atoms with Gasteiger partial charge in [-0.2, -0.15) is 13.2 Å². The molecular weight excluding hydrogens is 513 g/mol. The molecule has 34 heavy (non-hydrogen) atoms. The number of pyridine rings is 1. The van der Waals surface area contributed by atoms with Crippen LogP contribution < -0.4 is 10.0 Å². The van der Waals surface area contributed by atoms with Gasteiger partial charge in [0.2, 0.25) is 15.8 Å². The molecule has 3 aromatic rings. The molecule has 0 amide bonds. The lowest BCUT2D eigenvalue weighted by atomic mass is 10.2. The Balaban J connectivity index is 1.41. The van der Waals surface area contributed by atoms with E-state index in [1.54, 1.807) is 24.4 Å². The van der Waals surface area contributed by atoms with Crippen LogP contribution in [-0.4, -0.2) is 37.3 Å². The second-order valence-electron chi connectivity index (χ2n) is 7.10. The third-order valence-electron chi connectivity index (χ3n) is 4.60. The van der Waals surface area contributed by atoms with E-state index < -0.39 is 26.7 Å². The molecule has 1 aromatic carbocycles. The van der Waals surface area contributed by atoms with Crippen molar-refractivity contribution in [3.63, 3.8) is 0 Å². The van der Waals surface area contributed by atoms with Gasteiger partial charge in [0, 0.05) is 19.3 Å². The first-order chi connectivity index (χ1) is 16.1. The molecule has 2 heterocycles. The van der Waals surface area contributed by atoms with Crippen molar-refractivity contribution in [3.8, 4) is 0 Å². The Hall–Kier alpha value is -2.54. The Kier molecular flexibility index (Phi) is 8.63. The smallest absolute Gasteiger partial charge is 0.362 e. The number of hydrogen-bond donors (Lipinski definition) is 2. The molecule has 0 aliphatic carbocycles. The van der Waals surface area contributed by atoms with Crippen LogP contribution in [0.25, 0.3) is 0 Å². The maximum Gasteiger partial charge on any atom is 0.416 e. The summed E-state index contributed by atoms with van der Waals surface area (Å²) in [6.07, 6.45) is 0.163. The van der Waals surface area contributed by atoms with Gasteiger partial charge >= 0.3 is 6.18 Å². The fourth-order valence-corrected chi connectivity index (χ4v) is 5.26. The van der Waals surface area contributed by atoms with Crippen LogP contribution >= 0.6 is 22.9 Å². The number of halogens is 4. The molecule has 13 heteroatoms. The van der Waals surface area contributed by atoms with Crippen LogP contribution in [-0.2, 0) is 16.2 Å². The lowest BCUT2D eigenvalue weighted by molar-refractivity contribution is -0.137. The number of sulfonamides is 1. The van der Waals surface area contributed by atoms with Gasteiger partial charge in [-0.15, -0.1) is 0 Å². The summed E-state index contributed by atoms with van der Waals surface area (Å²) in [4.78, 5) is 20.4. The molecule has 0 fully saturated rings. The summed E-state index contributed by atoms with van der Waals surface area (Å²) in [5.74, 6) is -0.209. The first kappa shape index (κ1) is 26.1. The second kappa shape index (κ2) is 11.3. The zero-order valence-corrected chi connectivity index (χ0v) is 20.0. The molecule has 0 spiro atoms. The maximum atomic E-state index is 12.9. The summed E-state index contributed by atoms with van der Waals surface area (Å²) in [7, 11) is -4.18. The SMILES string of the molecule is O=C(c1ccccn1)c1cnc(NCCCCCNS(=O)(=O)c2cc(C(F)(F)F)ccc2Cl)s1. The number of carbonyl (C=O) groups is 1. The van der Waals surface area contributed by atoms with E-state index in [4.69, 9.17) is 11.6 Å². The minimum atomic E-state index is -4.67. The molecule has 0 aliphatic rings. The lowest BCUT2D eigenvalue weighted by Crippen LogP contribution is -2.25. The molecule has 2 aromatic heterocycles. The van der Waals surface area contributed by atoms with Crippen molar-refractivity contribution in [2.75, 3.05) is 18.4 Å². The largest absolute Gasteiger partial charge is 0.416 e. The standard InChI is InChI=1S/C21H20ClF3N4O3S2/c22-15-8-7-14(21(23,24)25)12-18(15)34(31,32)29-11-4-1-3-10-27-20-28-13-17(33-20)19(30)16-6-2-5-9-26-16/h2,5-9,12-13,29H,1,3-4,10-11H2,(H,27,28). The number of alkyl halides is 3. The van der Waals surface area contributed by atoms with E-state index in [0.717, 1.165) is 12.1 Å². The van der Waals surface area contributed by atoms with Gasteiger partial charge in [0.15, 0.2) is 5.13 Å². The summed E-state index contributed by atoms with van der Waals surface area (Å²) in [6.45, 7) is 0.603. The Labute approximate surface area is 203 Å². The number of nitrogens with one attached hydrogen (secondary N) is 2. The van der Waals surface area contributed by atoms with Crippen LogP contribution in [0.4, 0.5) is 18.3 Å². The van der Waals surface area contributed by atoms with Gasteiger partial charge in [-0.25, -0.2) is 18.1 Å². The second-order valence-corrected chi connectivity index (χ2v) is 10.3. The number of unbranched alkanes of at least 4 members (excludes halogenated alkanes) is 2. The Morgan fingerprint density at radius 2 is 1.82 bits per heavy atom. The van der Waals surface area contributed by atoms with E-state index in [-0.39, 0.29) is 17.4 Å². The van der Waals surface area contributed by atoms with Crippen LogP contribution in [0, 0.1) is 0 Å². The summed E-state index contributed by atoms with van der Waals surface area (Å²) >= 11 is 7.02. The molecule has 0 bridgehead atoms. The summed E-state index contributed by atoms with van der Waals surface area (Å²) < 4.78 is 65.6. The van der Waals surface area contributed by atoms with E-state index >= 15 is 0 Å². The van der Waals surface area contributed by atoms with Gasteiger partial charge in [-0.3, -0.25) is 9.78 Å². The fourth-order valence-electron chi connectivity index (χ4n) is 2.88. The van der Waals surface area contributed by atoms with Gasteiger partial charge in [0.05, 0.1) is 21.7 Å². The van der Waals surface area contributed by atoms with Gasteiger partial charge in [0.1, 0.15) is 10.6 Å². The zero-order chi connectivity index (χ0) is 24.8. The monoisotopic (exact) mass is 532 g/mol. The van der Waals surface area contributed by atoms with Crippen molar-refractivity contribution in [3.05, 3.63) is 69.9 Å². The van der Waals surface area contributed by atoms with Gasteiger partial charge in [0.25, 0.3) is 0 Å². The fraction of sp³-hybridized carbons (Fsp3) is 0.286. The van der Waals surface area contributed by atoms with Crippen molar-refractivity contribution in [2.45, 2.75) is 30.3 Å². The summed E-state index contributed by atoms with van der Waals surface area (Å²) in [5, 5.41) is 3.40. The lowest BCUT2D eigenvalue weighted by Gasteiger charge is -2.12. The highest BCUT2D eigenvalue weighted by atomic mass is 35.5. The molecule has 7 nitrogen and oxygen atoms in total. The number of thiazole rings is 1. The number of aromatic nitrogens is 2. The minimum Gasteiger partial charge on any atom is -0.362 e. The molecule has 0 saturated carbocycles. The third kappa shape index (κ3) is 6.98. The van der Waals surface area contributed by atoms with Gasteiger partial charge < -0.3 is 5.32 Å². The zero-order valence-electron chi connectivity index (χ0n) is 17.6. The number of anilines is 1. The average Bonchev–Trinajstić information content (AvgIpc) is 3.27. The first-order valence-corrected chi connectivity index (χ1v) is 12.8. The molecular formula is C21H20ClF3N4O3S2. The highest BCUT2D eigenvalue weighted by molar-refractivity contribution is 7.89. The highest BCUT2D eigenvalue weighted by Gasteiger charge is 2.32. The van der Waals surface area contributed by atoms with Crippen LogP contribution in [0.1, 0.15) is 40.2 Å². The molecule has 0 saturated heterocycles. The third-order valence-corrected chi connectivity index (χ3v) is 7.49. The Morgan fingerprint density at radius 1 is 1.06 bits per heavy atom. The Bertz CT molecular complexity index is 1240. The molecule has 2 N–H and O–H groups in total. The quantitative estimate of drug-likeness (QED) is 0.266. The predicted molar refractivity (Wildman–Crippen MR) is 124 cm³/mol. The number of ketones is 1. The van der Waals surface area contributed by atoms with Crippen molar-refractivity contribution < 1.29 is 26.4 Å². The molecule has 3 rings (SSSR count). The molecule has 0 unspecified atom stereocenters. The van der Waals surface area contributed by atoms with E-state index in [2.05, 4.69) is 20.0 Å². The summed E-state index contributed by atoms with van der Waals surface area (Å²) in [6, 6.07) is 7.25. The molecule has 0 radical (unpaired) electrons. The van der Waals surface area contributed by atoms with Crippen molar-refractivity contribution in [2.24, 2.45) is 0 Å². The van der Waals surface area contributed by atoms with Crippen LogP contribution in [0.15, 0.2) is 53.7 Å². The van der Waals surface area contributed by atoms with E-state index in [1.165, 1.54) is 17.5 Å². The minimum absolute atomic E-state index is 0.0505.